The van der Waals surface area contributed by atoms with Crippen molar-refractivity contribution in [2.24, 2.45) is 0 Å². The molecule has 26 heavy (non-hydrogen) atoms. The fourth-order valence-corrected chi connectivity index (χ4v) is 3.06. The zero-order chi connectivity index (χ0) is 19.7. The Morgan fingerprint density at radius 2 is 1.62 bits per heavy atom. The Hall–Kier alpha value is -0.500. The van der Waals surface area contributed by atoms with Gasteiger partial charge in [0.15, 0.2) is 0 Å². The molecule has 0 heterocycles. The van der Waals surface area contributed by atoms with Gasteiger partial charge in [-0.1, -0.05) is 58.3 Å². The van der Waals surface area contributed by atoms with Gasteiger partial charge in [-0.15, -0.1) is 0 Å². The molecule has 0 aromatic heterocycles. The van der Waals surface area contributed by atoms with Crippen LogP contribution in [0.4, 0.5) is 0 Å². The SMILES string of the molecule is CCCCCCCCCCCC(=O)OC[C@@H](O)COP(=O)([O-])OCC[NH3+]. The van der Waals surface area contributed by atoms with E-state index in [1.54, 1.807) is 0 Å². The van der Waals surface area contributed by atoms with Gasteiger partial charge in [-0.05, 0) is 6.42 Å². The molecule has 156 valence electrons. The first-order valence-corrected chi connectivity index (χ1v) is 11.1. The Labute approximate surface area is 157 Å². The highest BCUT2D eigenvalue weighted by Gasteiger charge is 2.14. The first-order valence-electron chi connectivity index (χ1n) is 9.64. The summed E-state index contributed by atoms with van der Waals surface area (Å²) in [7, 11) is -4.44. The smallest absolute Gasteiger partial charge is 0.305 e. The number of phosphoric ester groups is 1. The van der Waals surface area contributed by atoms with Crippen molar-refractivity contribution in [3.8, 4) is 0 Å². The normalized spacial score (nSPS) is 14.8. The molecule has 0 saturated carbocycles. The number of ether oxygens (including phenoxy) is 1. The van der Waals surface area contributed by atoms with E-state index in [4.69, 9.17) is 4.74 Å². The molecule has 8 nitrogen and oxygen atoms in total. The van der Waals surface area contributed by atoms with Crippen molar-refractivity contribution in [2.45, 2.75) is 77.2 Å². The quantitative estimate of drug-likeness (QED) is 0.204. The summed E-state index contributed by atoms with van der Waals surface area (Å²) in [5, 5.41) is 9.59. The van der Waals surface area contributed by atoms with Crippen LogP contribution in [-0.4, -0.2) is 43.5 Å². The zero-order valence-electron chi connectivity index (χ0n) is 16.0. The number of aliphatic hydroxyl groups is 1. The van der Waals surface area contributed by atoms with E-state index >= 15 is 0 Å². The predicted molar refractivity (Wildman–Crippen MR) is 96.1 cm³/mol. The van der Waals surface area contributed by atoms with E-state index in [1.165, 1.54) is 38.5 Å². The Morgan fingerprint density at radius 1 is 1.04 bits per heavy atom. The molecule has 0 bridgehead atoms. The van der Waals surface area contributed by atoms with Crippen molar-refractivity contribution in [1.82, 2.24) is 0 Å². The number of carbonyl (C=O) groups excluding carboxylic acids is 1. The first kappa shape index (κ1) is 25.5. The second kappa shape index (κ2) is 16.7. The van der Waals surface area contributed by atoms with Crippen LogP contribution in [0.5, 0.6) is 0 Å². The van der Waals surface area contributed by atoms with E-state index in [0.717, 1.165) is 19.3 Å². The van der Waals surface area contributed by atoms with Gasteiger partial charge in [0.05, 0.1) is 13.2 Å². The van der Waals surface area contributed by atoms with Crippen molar-refractivity contribution in [2.75, 3.05) is 26.4 Å². The molecule has 0 aromatic carbocycles. The fraction of sp³-hybridized carbons (Fsp3) is 0.941. The minimum Gasteiger partial charge on any atom is -0.756 e. The Morgan fingerprint density at radius 3 is 2.19 bits per heavy atom. The zero-order valence-corrected chi connectivity index (χ0v) is 16.9. The van der Waals surface area contributed by atoms with Crippen LogP contribution in [0.3, 0.4) is 0 Å². The largest absolute Gasteiger partial charge is 0.756 e. The number of quaternary nitrogens is 1. The summed E-state index contributed by atoms with van der Waals surface area (Å²) in [6, 6.07) is 0. The molecule has 0 aromatic rings. The number of unbranched alkanes of at least 4 members (excludes halogenated alkanes) is 8. The highest BCUT2D eigenvalue weighted by atomic mass is 31.2. The van der Waals surface area contributed by atoms with Gasteiger partial charge in [0.2, 0.25) is 0 Å². The van der Waals surface area contributed by atoms with Crippen LogP contribution >= 0.6 is 7.82 Å². The highest BCUT2D eigenvalue weighted by Crippen LogP contribution is 2.37. The molecule has 0 spiro atoms. The molecule has 2 atom stereocenters. The maximum absolute atomic E-state index is 11.6. The summed E-state index contributed by atoms with van der Waals surface area (Å²) in [4.78, 5) is 22.8. The molecule has 0 fully saturated rings. The summed E-state index contributed by atoms with van der Waals surface area (Å²) in [5.41, 5.74) is 3.44. The monoisotopic (exact) mass is 397 g/mol. The summed E-state index contributed by atoms with van der Waals surface area (Å²) in [5.74, 6) is -0.398. The van der Waals surface area contributed by atoms with Crippen LogP contribution in [-0.2, 0) is 23.1 Å². The lowest BCUT2D eigenvalue weighted by molar-refractivity contribution is -0.373. The summed E-state index contributed by atoms with van der Waals surface area (Å²) < 4.78 is 25.1. The van der Waals surface area contributed by atoms with Gasteiger partial charge >= 0.3 is 5.97 Å². The number of esters is 1. The summed E-state index contributed by atoms with van der Waals surface area (Å²) in [6.07, 6.45) is 9.53. The van der Waals surface area contributed by atoms with Crippen LogP contribution in [0.25, 0.3) is 0 Å². The molecule has 9 heteroatoms. The summed E-state index contributed by atoms with van der Waals surface area (Å²) >= 11 is 0. The topological polar surface area (TPSA) is 133 Å². The molecule has 0 aliphatic carbocycles. The number of hydrogen-bond donors (Lipinski definition) is 2. The van der Waals surface area contributed by atoms with Gasteiger partial charge in [0, 0.05) is 6.42 Å². The van der Waals surface area contributed by atoms with Crippen LogP contribution < -0.4 is 10.6 Å². The lowest BCUT2D eigenvalue weighted by atomic mass is 10.1. The van der Waals surface area contributed by atoms with E-state index in [0.29, 0.717) is 6.42 Å². The maximum Gasteiger partial charge on any atom is 0.305 e. The van der Waals surface area contributed by atoms with Crippen molar-refractivity contribution in [3.05, 3.63) is 0 Å². The van der Waals surface area contributed by atoms with Crippen LogP contribution in [0.15, 0.2) is 0 Å². The molecule has 0 radical (unpaired) electrons. The number of phosphoric acid groups is 1. The van der Waals surface area contributed by atoms with Crippen LogP contribution in [0, 0.1) is 0 Å². The van der Waals surface area contributed by atoms with Crippen molar-refractivity contribution in [1.29, 1.82) is 0 Å². The van der Waals surface area contributed by atoms with E-state index in [1.807, 2.05) is 0 Å². The lowest BCUT2D eigenvalue weighted by Crippen LogP contribution is -2.52. The average molecular weight is 397 g/mol. The van der Waals surface area contributed by atoms with Crippen molar-refractivity contribution < 1.29 is 38.9 Å². The average Bonchev–Trinajstić information content (AvgIpc) is 2.61. The highest BCUT2D eigenvalue weighted by molar-refractivity contribution is 7.45. The Kier molecular flexibility index (Phi) is 16.3. The molecular weight excluding hydrogens is 361 g/mol. The molecule has 0 saturated heterocycles. The standard InChI is InChI=1S/C17H36NO7P/c1-2-3-4-5-6-7-8-9-10-11-17(20)23-14-16(19)15-25-26(21,22)24-13-12-18/h16,19H,2-15,18H2,1H3,(H,21,22)/t16-/m1/s1. The number of hydrogen-bond acceptors (Lipinski definition) is 7. The number of rotatable bonds is 18. The van der Waals surface area contributed by atoms with E-state index in [9.17, 15) is 19.4 Å². The van der Waals surface area contributed by atoms with E-state index in [-0.39, 0.29) is 19.8 Å². The third kappa shape index (κ3) is 16.9. The van der Waals surface area contributed by atoms with Crippen LogP contribution in [0.1, 0.15) is 71.1 Å². The van der Waals surface area contributed by atoms with Gasteiger partial charge in [-0.2, -0.15) is 0 Å². The van der Waals surface area contributed by atoms with E-state index in [2.05, 4.69) is 21.7 Å². The molecule has 1 unspecified atom stereocenters. The molecule has 0 amide bonds. The maximum atomic E-state index is 11.6. The first-order chi connectivity index (χ1) is 12.4. The van der Waals surface area contributed by atoms with Crippen molar-refractivity contribution >= 4 is 13.8 Å². The fourth-order valence-electron chi connectivity index (χ4n) is 2.28. The number of aliphatic hydroxyl groups excluding tert-OH is 1. The van der Waals surface area contributed by atoms with Gasteiger partial charge < -0.3 is 29.5 Å². The molecule has 0 rings (SSSR count). The minimum atomic E-state index is -4.44. The second-order valence-electron chi connectivity index (χ2n) is 6.35. The molecule has 4 N–H and O–H groups in total. The second-order valence-corrected chi connectivity index (χ2v) is 7.76. The van der Waals surface area contributed by atoms with E-state index < -0.39 is 26.5 Å². The van der Waals surface area contributed by atoms with Gasteiger partial charge in [0.25, 0.3) is 7.82 Å². The van der Waals surface area contributed by atoms with Gasteiger partial charge in [0.1, 0.15) is 19.3 Å². The Bertz CT molecular complexity index is 395. The molecular formula is C17H36NO7P. The predicted octanol–water partition coefficient (Wildman–Crippen LogP) is 1.55. The molecule has 0 aliphatic rings. The van der Waals surface area contributed by atoms with Gasteiger partial charge in [-0.25, -0.2) is 0 Å². The summed E-state index contributed by atoms with van der Waals surface area (Å²) in [6.45, 7) is 1.60. The Balaban J connectivity index is 3.56. The minimum absolute atomic E-state index is 0.0788. The third-order valence-corrected chi connectivity index (χ3v) is 4.70. The van der Waals surface area contributed by atoms with Crippen LogP contribution in [0.2, 0.25) is 0 Å². The van der Waals surface area contributed by atoms with Crippen molar-refractivity contribution in [3.63, 3.8) is 0 Å². The molecule has 0 aliphatic heterocycles. The lowest BCUT2D eigenvalue weighted by Gasteiger charge is -2.23. The van der Waals surface area contributed by atoms with Gasteiger partial charge in [-0.3, -0.25) is 9.36 Å². The number of carbonyl (C=O) groups is 1. The third-order valence-electron chi connectivity index (χ3n) is 3.74.